The number of carbonyl (C=O) groups is 1. The summed E-state index contributed by atoms with van der Waals surface area (Å²) in [4.78, 5) is 13.7. The van der Waals surface area contributed by atoms with Gasteiger partial charge < -0.3 is 9.64 Å². The van der Waals surface area contributed by atoms with Crippen molar-refractivity contribution in [3.63, 3.8) is 0 Å². The van der Waals surface area contributed by atoms with Crippen molar-refractivity contribution in [2.24, 2.45) is 0 Å². The van der Waals surface area contributed by atoms with Gasteiger partial charge in [-0.15, -0.1) is 0 Å². The van der Waals surface area contributed by atoms with Gasteiger partial charge in [0.05, 0.1) is 0 Å². The van der Waals surface area contributed by atoms with Crippen molar-refractivity contribution in [3.05, 3.63) is 12.8 Å². The molecule has 0 aliphatic carbocycles. The predicted octanol–water partition coefficient (Wildman–Crippen LogP) is 1.94. The highest BCUT2D eigenvalue weighted by Gasteiger charge is 2.31. The Labute approximate surface area is 85.7 Å². The van der Waals surface area contributed by atoms with Crippen molar-refractivity contribution in [1.82, 2.24) is 4.90 Å². The molecular formula is C11H19NO2. The highest BCUT2D eigenvalue weighted by molar-refractivity contribution is 5.76. The standard InChI is InChI=1S/C11H19NO2/c1-5-12-8-6-7-9(12)10(13)14-11(2,3)4/h5,9H,1,6-8H2,2-4H3. The van der Waals surface area contributed by atoms with E-state index in [0.717, 1.165) is 19.4 Å². The van der Waals surface area contributed by atoms with E-state index in [0.29, 0.717) is 0 Å². The van der Waals surface area contributed by atoms with E-state index >= 15 is 0 Å². The number of nitrogens with zero attached hydrogens (tertiary/aromatic N) is 1. The summed E-state index contributed by atoms with van der Waals surface area (Å²) >= 11 is 0. The van der Waals surface area contributed by atoms with Crippen LogP contribution < -0.4 is 0 Å². The van der Waals surface area contributed by atoms with E-state index in [2.05, 4.69) is 6.58 Å². The minimum atomic E-state index is -0.396. The molecule has 0 saturated carbocycles. The average molecular weight is 197 g/mol. The Hall–Kier alpha value is -0.990. The molecular weight excluding hydrogens is 178 g/mol. The lowest BCUT2D eigenvalue weighted by molar-refractivity contribution is -0.159. The molecule has 0 radical (unpaired) electrons. The first-order valence-electron chi connectivity index (χ1n) is 5.05. The third-order valence-electron chi connectivity index (χ3n) is 2.21. The monoisotopic (exact) mass is 197 g/mol. The van der Waals surface area contributed by atoms with Crippen molar-refractivity contribution >= 4 is 5.97 Å². The third-order valence-corrected chi connectivity index (χ3v) is 2.21. The summed E-state index contributed by atoms with van der Waals surface area (Å²) in [6.45, 7) is 10.3. The fourth-order valence-electron chi connectivity index (χ4n) is 1.63. The highest BCUT2D eigenvalue weighted by atomic mass is 16.6. The maximum absolute atomic E-state index is 11.7. The number of ether oxygens (including phenoxy) is 1. The van der Waals surface area contributed by atoms with Gasteiger partial charge in [-0.3, -0.25) is 0 Å². The Bertz CT molecular complexity index is 230. The first-order valence-corrected chi connectivity index (χ1v) is 5.05. The average Bonchev–Trinajstić information content (AvgIpc) is 2.47. The summed E-state index contributed by atoms with van der Waals surface area (Å²) < 4.78 is 5.33. The summed E-state index contributed by atoms with van der Waals surface area (Å²) in [6, 6.07) is -0.119. The zero-order valence-corrected chi connectivity index (χ0v) is 9.25. The van der Waals surface area contributed by atoms with Gasteiger partial charge >= 0.3 is 5.97 Å². The maximum Gasteiger partial charge on any atom is 0.329 e. The van der Waals surface area contributed by atoms with Crippen LogP contribution in [0.15, 0.2) is 12.8 Å². The lowest BCUT2D eigenvalue weighted by Crippen LogP contribution is -2.37. The molecule has 80 valence electrons. The van der Waals surface area contributed by atoms with Crippen LogP contribution in [-0.4, -0.2) is 29.1 Å². The minimum Gasteiger partial charge on any atom is -0.458 e. The van der Waals surface area contributed by atoms with Crippen LogP contribution in [0.2, 0.25) is 0 Å². The van der Waals surface area contributed by atoms with Crippen LogP contribution in [0.1, 0.15) is 33.6 Å². The quantitative estimate of drug-likeness (QED) is 0.633. The maximum atomic E-state index is 11.7. The van der Waals surface area contributed by atoms with Gasteiger partial charge in [-0.05, 0) is 39.8 Å². The SMILES string of the molecule is C=CN1CCCC1C(=O)OC(C)(C)C. The molecule has 14 heavy (non-hydrogen) atoms. The van der Waals surface area contributed by atoms with Crippen LogP contribution >= 0.6 is 0 Å². The first-order chi connectivity index (χ1) is 6.44. The number of carbonyl (C=O) groups excluding carboxylic acids is 1. The van der Waals surface area contributed by atoms with Crippen molar-refractivity contribution in [2.45, 2.75) is 45.3 Å². The topological polar surface area (TPSA) is 29.5 Å². The molecule has 1 unspecified atom stereocenters. The third kappa shape index (κ3) is 2.76. The van der Waals surface area contributed by atoms with Crippen LogP contribution in [0.5, 0.6) is 0 Å². The fraction of sp³-hybridized carbons (Fsp3) is 0.727. The Morgan fingerprint density at radius 2 is 2.21 bits per heavy atom. The van der Waals surface area contributed by atoms with E-state index < -0.39 is 5.60 Å². The molecule has 3 heteroatoms. The number of hydrogen-bond donors (Lipinski definition) is 0. The number of hydrogen-bond acceptors (Lipinski definition) is 3. The Morgan fingerprint density at radius 1 is 1.57 bits per heavy atom. The molecule has 1 heterocycles. The summed E-state index contributed by atoms with van der Waals surface area (Å²) in [5.74, 6) is -0.130. The normalized spacial score (nSPS) is 22.2. The van der Waals surface area contributed by atoms with Gasteiger partial charge in [0, 0.05) is 6.54 Å². The molecule has 1 rings (SSSR count). The molecule has 1 aliphatic heterocycles. The van der Waals surface area contributed by atoms with E-state index in [9.17, 15) is 4.79 Å². The van der Waals surface area contributed by atoms with Gasteiger partial charge in [0.1, 0.15) is 11.6 Å². The van der Waals surface area contributed by atoms with Crippen LogP contribution in [0, 0.1) is 0 Å². The van der Waals surface area contributed by atoms with Gasteiger partial charge in [-0.2, -0.15) is 0 Å². The van der Waals surface area contributed by atoms with Crippen LogP contribution in [-0.2, 0) is 9.53 Å². The molecule has 1 aliphatic rings. The van der Waals surface area contributed by atoms with E-state index in [1.165, 1.54) is 0 Å². The van der Waals surface area contributed by atoms with E-state index in [1.54, 1.807) is 6.20 Å². The molecule has 1 fully saturated rings. The number of likely N-dealkylation sites (tertiary alicyclic amines) is 1. The minimum absolute atomic E-state index is 0.119. The van der Waals surface area contributed by atoms with Crippen molar-refractivity contribution in [3.8, 4) is 0 Å². The second kappa shape index (κ2) is 4.03. The zero-order chi connectivity index (χ0) is 10.8. The molecule has 1 saturated heterocycles. The van der Waals surface area contributed by atoms with E-state index in [-0.39, 0.29) is 12.0 Å². The van der Waals surface area contributed by atoms with Gasteiger partial charge in [-0.25, -0.2) is 4.79 Å². The predicted molar refractivity (Wildman–Crippen MR) is 55.8 cm³/mol. The zero-order valence-electron chi connectivity index (χ0n) is 9.25. The van der Waals surface area contributed by atoms with Gasteiger partial charge in [0.15, 0.2) is 0 Å². The largest absolute Gasteiger partial charge is 0.458 e. The number of rotatable bonds is 2. The lowest BCUT2D eigenvalue weighted by Gasteiger charge is -2.26. The van der Waals surface area contributed by atoms with Crippen LogP contribution in [0.4, 0.5) is 0 Å². The van der Waals surface area contributed by atoms with Crippen LogP contribution in [0.3, 0.4) is 0 Å². The van der Waals surface area contributed by atoms with E-state index in [4.69, 9.17) is 4.74 Å². The molecule has 0 aromatic rings. The van der Waals surface area contributed by atoms with Crippen molar-refractivity contribution < 1.29 is 9.53 Å². The van der Waals surface area contributed by atoms with E-state index in [1.807, 2.05) is 25.7 Å². The molecule has 0 amide bonds. The Balaban J connectivity index is 2.56. The second-order valence-corrected chi connectivity index (χ2v) is 4.61. The number of esters is 1. The first kappa shape index (κ1) is 11.1. The second-order valence-electron chi connectivity index (χ2n) is 4.61. The summed E-state index contributed by atoms with van der Waals surface area (Å²) in [5, 5.41) is 0. The van der Waals surface area contributed by atoms with Crippen molar-refractivity contribution in [2.75, 3.05) is 6.54 Å². The molecule has 0 spiro atoms. The smallest absolute Gasteiger partial charge is 0.329 e. The Morgan fingerprint density at radius 3 is 2.71 bits per heavy atom. The molecule has 0 N–H and O–H groups in total. The molecule has 3 nitrogen and oxygen atoms in total. The van der Waals surface area contributed by atoms with Gasteiger partial charge in [0.2, 0.25) is 0 Å². The molecule has 0 bridgehead atoms. The summed E-state index contributed by atoms with van der Waals surface area (Å²) in [7, 11) is 0. The van der Waals surface area contributed by atoms with Crippen molar-refractivity contribution in [1.29, 1.82) is 0 Å². The van der Waals surface area contributed by atoms with Crippen LogP contribution in [0.25, 0.3) is 0 Å². The molecule has 0 aromatic heterocycles. The summed E-state index contributed by atoms with van der Waals surface area (Å²) in [6.07, 6.45) is 3.64. The molecule has 0 aromatic carbocycles. The van der Waals surface area contributed by atoms with Gasteiger partial charge in [-0.1, -0.05) is 6.58 Å². The van der Waals surface area contributed by atoms with Gasteiger partial charge in [0.25, 0.3) is 0 Å². The highest BCUT2D eigenvalue weighted by Crippen LogP contribution is 2.20. The molecule has 1 atom stereocenters. The summed E-state index contributed by atoms with van der Waals surface area (Å²) in [5.41, 5.74) is -0.396. The fourth-order valence-corrected chi connectivity index (χ4v) is 1.63. The Kier molecular flexibility index (Phi) is 3.19. The lowest BCUT2D eigenvalue weighted by atomic mass is 10.1.